The summed E-state index contributed by atoms with van der Waals surface area (Å²) >= 11 is 5.78. The zero-order valence-electron chi connectivity index (χ0n) is 11.2. The Morgan fingerprint density at radius 3 is 2.19 bits per heavy atom. The number of hydrogen-bond acceptors (Lipinski definition) is 3. The standard InChI is InChI=1S/C15H13ClN2O3/c1-18(14(19)9-2-5-11(16)6-3-9)13-7-4-10(15(20)21)8-12(13)17/h2-8H,17H2,1H3,(H,20,21). The van der Waals surface area contributed by atoms with Crippen molar-refractivity contribution in [1.82, 2.24) is 0 Å². The molecule has 5 nitrogen and oxygen atoms in total. The van der Waals surface area contributed by atoms with Crippen molar-refractivity contribution in [3.05, 3.63) is 58.6 Å². The van der Waals surface area contributed by atoms with Crippen LogP contribution in [0.3, 0.4) is 0 Å². The first-order valence-electron chi connectivity index (χ1n) is 6.06. The molecular weight excluding hydrogens is 292 g/mol. The van der Waals surface area contributed by atoms with Crippen LogP contribution in [-0.4, -0.2) is 24.0 Å². The normalized spacial score (nSPS) is 10.2. The SMILES string of the molecule is CN(C(=O)c1ccc(Cl)cc1)c1ccc(C(=O)O)cc1N. The zero-order chi connectivity index (χ0) is 15.6. The molecule has 3 N–H and O–H groups in total. The fourth-order valence-corrected chi connectivity index (χ4v) is 2.01. The van der Waals surface area contributed by atoms with Gasteiger partial charge in [0, 0.05) is 17.6 Å². The van der Waals surface area contributed by atoms with Gasteiger partial charge >= 0.3 is 5.97 Å². The zero-order valence-corrected chi connectivity index (χ0v) is 12.0. The lowest BCUT2D eigenvalue weighted by atomic mass is 10.1. The Labute approximate surface area is 126 Å². The number of aromatic carboxylic acids is 1. The highest BCUT2D eigenvalue weighted by atomic mass is 35.5. The van der Waals surface area contributed by atoms with E-state index in [9.17, 15) is 9.59 Å². The van der Waals surface area contributed by atoms with Gasteiger partial charge in [-0.25, -0.2) is 4.79 Å². The molecule has 0 heterocycles. The van der Waals surface area contributed by atoms with Crippen molar-refractivity contribution in [2.24, 2.45) is 0 Å². The van der Waals surface area contributed by atoms with Crippen molar-refractivity contribution in [1.29, 1.82) is 0 Å². The number of anilines is 2. The Kier molecular flexibility index (Phi) is 4.14. The molecule has 6 heteroatoms. The third kappa shape index (κ3) is 3.14. The topological polar surface area (TPSA) is 83.6 Å². The number of amides is 1. The summed E-state index contributed by atoms with van der Waals surface area (Å²) in [4.78, 5) is 24.6. The van der Waals surface area contributed by atoms with Crippen LogP contribution in [0.5, 0.6) is 0 Å². The van der Waals surface area contributed by atoms with Crippen LogP contribution in [0, 0.1) is 0 Å². The van der Waals surface area contributed by atoms with Gasteiger partial charge in [-0.05, 0) is 42.5 Å². The number of nitrogen functional groups attached to an aromatic ring is 1. The summed E-state index contributed by atoms with van der Waals surface area (Å²) < 4.78 is 0. The average Bonchev–Trinajstić information content (AvgIpc) is 2.46. The Hall–Kier alpha value is -2.53. The Balaban J connectivity index is 2.31. The largest absolute Gasteiger partial charge is 0.478 e. The third-order valence-electron chi connectivity index (χ3n) is 3.03. The van der Waals surface area contributed by atoms with Gasteiger partial charge in [0.05, 0.1) is 16.9 Å². The molecule has 0 aliphatic heterocycles. The number of carboxylic acid groups (broad SMARTS) is 1. The lowest BCUT2D eigenvalue weighted by Crippen LogP contribution is -2.27. The van der Waals surface area contributed by atoms with Crippen molar-refractivity contribution in [3.63, 3.8) is 0 Å². The van der Waals surface area contributed by atoms with Crippen LogP contribution in [0.2, 0.25) is 5.02 Å². The first-order chi connectivity index (χ1) is 9.90. The Morgan fingerprint density at radius 2 is 1.67 bits per heavy atom. The van der Waals surface area contributed by atoms with Crippen molar-refractivity contribution >= 4 is 34.9 Å². The molecule has 0 unspecified atom stereocenters. The highest BCUT2D eigenvalue weighted by Crippen LogP contribution is 2.25. The fourth-order valence-electron chi connectivity index (χ4n) is 1.89. The molecule has 0 radical (unpaired) electrons. The van der Waals surface area contributed by atoms with Gasteiger partial charge < -0.3 is 15.7 Å². The van der Waals surface area contributed by atoms with E-state index < -0.39 is 5.97 Å². The summed E-state index contributed by atoms with van der Waals surface area (Å²) in [5, 5.41) is 9.44. The van der Waals surface area contributed by atoms with E-state index in [1.54, 1.807) is 31.3 Å². The smallest absolute Gasteiger partial charge is 0.335 e. The van der Waals surface area contributed by atoms with Crippen LogP contribution >= 0.6 is 11.6 Å². The second-order valence-electron chi connectivity index (χ2n) is 4.45. The number of nitrogens with two attached hydrogens (primary N) is 1. The molecule has 0 bridgehead atoms. The molecule has 0 fully saturated rings. The van der Waals surface area contributed by atoms with Gasteiger partial charge in [0.25, 0.3) is 5.91 Å². The predicted molar refractivity (Wildman–Crippen MR) is 82.0 cm³/mol. The fraction of sp³-hybridized carbons (Fsp3) is 0.0667. The third-order valence-corrected chi connectivity index (χ3v) is 3.28. The van der Waals surface area contributed by atoms with Crippen molar-refractivity contribution in [2.45, 2.75) is 0 Å². The number of benzene rings is 2. The maximum absolute atomic E-state index is 12.3. The number of halogens is 1. The summed E-state index contributed by atoms with van der Waals surface area (Å²) in [7, 11) is 1.57. The van der Waals surface area contributed by atoms with E-state index in [0.29, 0.717) is 16.3 Å². The first kappa shape index (κ1) is 14.9. The average molecular weight is 305 g/mol. The molecule has 108 valence electrons. The number of rotatable bonds is 3. The Morgan fingerprint density at radius 1 is 1.10 bits per heavy atom. The molecule has 2 aromatic rings. The molecule has 0 saturated carbocycles. The quantitative estimate of drug-likeness (QED) is 0.854. The minimum absolute atomic E-state index is 0.0728. The van der Waals surface area contributed by atoms with Crippen LogP contribution in [0.4, 0.5) is 11.4 Å². The summed E-state index contributed by atoms with van der Waals surface area (Å²) in [6, 6.07) is 10.7. The molecule has 0 spiro atoms. The van der Waals surface area contributed by atoms with Crippen LogP contribution in [0.25, 0.3) is 0 Å². The lowest BCUT2D eigenvalue weighted by Gasteiger charge is -2.19. The van der Waals surface area contributed by atoms with Crippen molar-refractivity contribution in [2.75, 3.05) is 17.7 Å². The van der Waals surface area contributed by atoms with Gasteiger partial charge in [-0.3, -0.25) is 4.79 Å². The number of carbonyl (C=O) groups excluding carboxylic acids is 1. The van der Waals surface area contributed by atoms with E-state index in [2.05, 4.69) is 0 Å². The van der Waals surface area contributed by atoms with Gasteiger partial charge in [-0.2, -0.15) is 0 Å². The van der Waals surface area contributed by atoms with Gasteiger partial charge in [0.1, 0.15) is 0 Å². The minimum Gasteiger partial charge on any atom is -0.478 e. The van der Waals surface area contributed by atoms with Crippen LogP contribution in [0.1, 0.15) is 20.7 Å². The maximum Gasteiger partial charge on any atom is 0.335 e. The van der Waals surface area contributed by atoms with Gasteiger partial charge in [0.2, 0.25) is 0 Å². The van der Waals surface area contributed by atoms with Crippen molar-refractivity contribution in [3.8, 4) is 0 Å². The number of nitrogens with zero attached hydrogens (tertiary/aromatic N) is 1. The highest BCUT2D eigenvalue weighted by Gasteiger charge is 2.16. The summed E-state index contributed by atoms with van der Waals surface area (Å²) in [5.41, 5.74) is 7.02. The van der Waals surface area contributed by atoms with Gasteiger partial charge in [0.15, 0.2) is 0 Å². The van der Waals surface area contributed by atoms with E-state index in [-0.39, 0.29) is 17.2 Å². The number of hydrogen-bond donors (Lipinski definition) is 2. The first-order valence-corrected chi connectivity index (χ1v) is 6.44. The Bertz CT molecular complexity index is 699. The monoisotopic (exact) mass is 304 g/mol. The van der Waals surface area contributed by atoms with Gasteiger partial charge in [-0.15, -0.1) is 0 Å². The second kappa shape index (κ2) is 5.85. The van der Waals surface area contributed by atoms with E-state index in [1.165, 1.54) is 23.1 Å². The number of carbonyl (C=O) groups is 2. The molecule has 21 heavy (non-hydrogen) atoms. The number of carboxylic acids is 1. The highest BCUT2D eigenvalue weighted by molar-refractivity contribution is 6.30. The summed E-state index contributed by atoms with van der Waals surface area (Å²) in [5.74, 6) is -1.33. The summed E-state index contributed by atoms with van der Waals surface area (Å²) in [6.07, 6.45) is 0. The van der Waals surface area contributed by atoms with E-state index >= 15 is 0 Å². The lowest BCUT2D eigenvalue weighted by molar-refractivity contribution is 0.0697. The van der Waals surface area contributed by atoms with E-state index in [4.69, 9.17) is 22.4 Å². The van der Waals surface area contributed by atoms with Crippen LogP contribution in [-0.2, 0) is 0 Å². The predicted octanol–water partition coefficient (Wildman–Crippen LogP) is 2.90. The molecule has 2 aromatic carbocycles. The van der Waals surface area contributed by atoms with Crippen LogP contribution in [0.15, 0.2) is 42.5 Å². The van der Waals surface area contributed by atoms with Gasteiger partial charge in [-0.1, -0.05) is 11.6 Å². The molecular formula is C15H13ClN2O3. The molecule has 0 saturated heterocycles. The van der Waals surface area contributed by atoms with Crippen molar-refractivity contribution < 1.29 is 14.7 Å². The maximum atomic E-state index is 12.3. The molecule has 2 rings (SSSR count). The molecule has 0 aliphatic rings. The van der Waals surface area contributed by atoms with E-state index in [1.807, 2.05) is 0 Å². The molecule has 0 atom stereocenters. The summed E-state index contributed by atoms with van der Waals surface area (Å²) in [6.45, 7) is 0. The minimum atomic E-state index is -1.07. The molecule has 1 amide bonds. The molecule has 0 aliphatic carbocycles. The van der Waals surface area contributed by atoms with Crippen LogP contribution < -0.4 is 10.6 Å². The van der Waals surface area contributed by atoms with E-state index in [0.717, 1.165) is 0 Å². The molecule has 0 aromatic heterocycles. The second-order valence-corrected chi connectivity index (χ2v) is 4.89.